The predicted molar refractivity (Wildman–Crippen MR) is 451 cm³/mol. The number of phosphoric acid groups is 2. The molecule has 17 nitrogen and oxygen atoms in total. The van der Waals surface area contributed by atoms with E-state index in [2.05, 4.69) is 41.5 Å². The fraction of sp³-hybridized carbons (Fsp3) is 0.956. The van der Waals surface area contributed by atoms with E-state index in [9.17, 15) is 43.2 Å². The summed E-state index contributed by atoms with van der Waals surface area (Å²) in [7, 11) is -9.93. The van der Waals surface area contributed by atoms with Gasteiger partial charge in [0.25, 0.3) is 0 Å². The van der Waals surface area contributed by atoms with Crippen molar-refractivity contribution in [2.45, 2.75) is 503 Å². The lowest BCUT2D eigenvalue weighted by Crippen LogP contribution is -2.30. The van der Waals surface area contributed by atoms with Crippen LogP contribution in [0.1, 0.15) is 485 Å². The Hall–Kier alpha value is -1.94. The van der Waals surface area contributed by atoms with Crippen molar-refractivity contribution in [2.24, 2.45) is 11.8 Å². The molecular formula is C90H176O17P2. The molecular weight excluding hydrogens is 1410 g/mol. The molecule has 19 heteroatoms. The highest BCUT2D eigenvalue weighted by atomic mass is 31.2. The number of carbonyl (C=O) groups is 4. The van der Waals surface area contributed by atoms with Gasteiger partial charge in [0.05, 0.1) is 26.4 Å². The Morgan fingerprint density at radius 1 is 0.248 bits per heavy atom. The number of aliphatic hydroxyl groups is 1. The fourth-order valence-corrected chi connectivity index (χ4v) is 15.7. The topological polar surface area (TPSA) is 237 Å². The molecule has 0 saturated heterocycles. The first-order valence-electron chi connectivity index (χ1n) is 46.5. The average Bonchev–Trinajstić information content (AvgIpc) is 0.898. The first-order valence-corrected chi connectivity index (χ1v) is 49.5. The maximum absolute atomic E-state index is 13.2. The molecule has 0 aromatic rings. The minimum Gasteiger partial charge on any atom is -0.462 e. The van der Waals surface area contributed by atoms with Gasteiger partial charge in [-0.05, 0) is 37.5 Å². The smallest absolute Gasteiger partial charge is 0.462 e. The molecule has 0 radical (unpaired) electrons. The van der Waals surface area contributed by atoms with E-state index in [1.54, 1.807) is 0 Å². The molecule has 3 N–H and O–H groups in total. The van der Waals surface area contributed by atoms with Gasteiger partial charge < -0.3 is 33.8 Å². The van der Waals surface area contributed by atoms with E-state index in [-0.39, 0.29) is 25.7 Å². The Balaban J connectivity index is 5.20. The summed E-state index contributed by atoms with van der Waals surface area (Å²) < 4.78 is 69.0. The molecule has 0 amide bonds. The van der Waals surface area contributed by atoms with Gasteiger partial charge in [0.1, 0.15) is 19.3 Å². The van der Waals surface area contributed by atoms with Crippen LogP contribution in [0.3, 0.4) is 0 Å². The molecule has 0 bridgehead atoms. The van der Waals surface area contributed by atoms with Crippen molar-refractivity contribution in [1.82, 2.24) is 0 Å². The molecule has 0 saturated carbocycles. The van der Waals surface area contributed by atoms with Crippen molar-refractivity contribution >= 4 is 39.5 Å². The lowest BCUT2D eigenvalue weighted by atomic mass is 10.0. The number of carbonyl (C=O) groups excluding carboxylic acids is 4. The predicted octanol–water partition coefficient (Wildman–Crippen LogP) is 27.8. The van der Waals surface area contributed by atoms with Gasteiger partial charge in [-0.15, -0.1) is 0 Å². The molecule has 0 heterocycles. The molecule has 0 rings (SSSR count). The Labute approximate surface area is 670 Å². The van der Waals surface area contributed by atoms with Gasteiger partial charge in [-0.3, -0.25) is 37.3 Å². The number of hydrogen-bond acceptors (Lipinski definition) is 15. The van der Waals surface area contributed by atoms with Gasteiger partial charge >= 0.3 is 39.5 Å². The van der Waals surface area contributed by atoms with Gasteiger partial charge in [-0.2, -0.15) is 0 Å². The molecule has 0 fully saturated rings. The fourth-order valence-electron chi connectivity index (χ4n) is 14.1. The number of phosphoric ester groups is 2. The summed E-state index contributed by atoms with van der Waals surface area (Å²) in [5, 5.41) is 10.7. The second-order valence-corrected chi connectivity index (χ2v) is 36.2. The summed E-state index contributed by atoms with van der Waals surface area (Å²) in [4.78, 5) is 73.3. The number of esters is 4. The summed E-state index contributed by atoms with van der Waals surface area (Å²) >= 11 is 0. The van der Waals surface area contributed by atoms with Crippen LogP contribution in [0.5, 0.6) is 0 Å². The minimum absolute atomic E-state index is 0.106. The summed E-state index contributed by atoms with van der Waals surface area (Å²) in [5.74, 6) is -0.620. The van der Waals surface area contributed by atoms with Crippen molar-refractivity contribution in [3.8, 4) is 0 Å². The van der Waals surface area contributed by atoms with Crippen molar-refractivity contribution in [2.75, 3.05) is 39.6 Å². The number of hydrogen-bond donors (Lipinski definition) is 3. The quantitative estimate of drug-likeness (QED) is 0.0222. The van der Waals surface area contributed by atoms with Crippen LogP contribution in [0.4, 0.5) is 0 Å². The second-order valence-electron chi connectivity index (χ2n) is 33.3. The zero-order valence-corrected chi connectivity index (χ0v) is 73.7. The molecule has 648 valence electrons. The normalized spacial score (nSPS) is 13.8. The van der Waals surface area contributed by atoms with Crippen LogP contribution in [-0.2, 0) is 65.4 Å². The molecule has 109 heavy (non-hydrogen) atoms. The SMILES string of the molecule is CCCCCCCCCCCCCCCCCCCCCCCCC(=O)OC[C@H](COP(=O)(O)OC[C@@H](O)COP(=O)(O)OC[C@@H](COC(=O)CCCCCCCCCC(C)C)OC(=O)CCCCCCCCCCCCCCC(C)C)OC(=O)CCCCCCCCCCCCCCCCCCCCCCCC. The maximum atomic E-state index is 13.2. The van der Waals surface area contributed by atoms with Crippen LogP contribution in [-0.4, -0.2) is 96.7 Å². The lowest BCUT2D eigenvalue weighted by Gasteiger charge is -2.21. The number of aliphatic hydroxyl groups excluding tert-OH is 1. The Kier molecular flexibility index (Phi) is 79.8. The third-order valence-electron chi connectivity index (χ3n) is 21.2. The Morgan fingerprint density at radius 3 is 0.624 bits per heavy atom. The van der Waals surface area contributed by atoms with Crippen molar-refractivity contribution in [3.05, 3.63) is 0 Å². The largest absolute Gasteiger partial charge is 0.472 e. The number of unbranched alkanes of at least 4 members (excludes halogenated alkanes) is 59. The van der Waals surface area contributed by atoms with Gasteiger partial charge in [0, 0.05) is 25.7 Å². The second kappa shape index (κ2) is 81.2. The van der Waals surface area contributed by atoms with E-state index in [4.69, 9.17) is 37.0 Å². The molecule has 0 aliphatic heterocycles. The molecule has 0 aromatic carbocycles. The van der Waals surface area contributed by atoms with Crippen LogP contribution < -0.4 is 0 Å². The highest BCUT2D eigenvalue weighted by molar-refractivity contribution is 7.47. The van der Waals surface area contributed by atoms with Crippen LogP contribution in [0.15, 0.2) is 0 Å². The molecule has 5 atom stereocenters. The Morgan fingerprint density at radius 2 is 0.422 bits per heavy atom. The molecule has 0 spiro atoms. The standard InChI is InChI=1S/C90H176O17P2/c1-7-9-11-13-15-17-19-21-23-25-27-29-31-33-35-37-39-44-48-54-60-66-72-87(92)100-78-85(106-89(94)74-68-62-55-49-45-40-38-36-34-32-30-28-26-24-22-20-18-16-14-12-10-8-2)80-104-108(96,97)102-76-84(91)77-103-109(98,99)105-81-86(79-101-88(93)73-67-61-57-51-53-59-65-71-83(5)6)107-90(95)75-69-63-56-50-46-42-41-43-47-52-58-64-70-82(3)4/h82-86,91H,7-81H2,1-6H3,(H,96,97)(H,98,99)/t84-,85-,86-/m1/s1. The third-order valence-corrected chi connectivity index (χ3v) is 23.1. The van der Waals surface area contributed by atoms with E-state index >= 15 is 0 Å². The summed E-state index contributed by atoms with van der Waals surface area (Å²) in [6.45, 7) is 9.63. The molecule has 0 aromatic heterocycles. The first kappa shape index (κ1) is 107. The maximum Gasteiger partial charge on any atom is 0.472 e. The first-order chi connectivity index (χ1) is 52.9. The number of rotatable bonds is 89. The minimum atomic E-state index is -4.97. The van der Waals surface area contributed by atoms with E-state index in [1.165, 1.54) is 295 Å². The van der Waals surface area contributed by atoms with Gasteiger partial charge in [-0.25, -0.2) is 9.13 Å². The zero-order valence-electron chi connectivity index (χ0n) is 71.9. The van der Waals surface area contributed by atoms with E-state index in [0.717, 1.165) is 102 Å². The van der Waals surface area contributed by atoms with Gasteiger partial charge in [-0.1, -0.05) is 433 Å². The lowest BCUT2D eigenvalue weighted by molar-refractivity contribution is -0.161. The van der Waals surface area contributed by atoms with Crippen LogP contribution in [0.2, 0.25) is 0 Å². The third kappa shape index (κ3) is 83.8. The molecule has 2 unspecified atom stereocenters. The highest BCUT2D eigenvalue weighted by Crippen LogP contribution is 2.45. The molecule has 0 aliphatic carbocycles. The van der Waals surface area contributed by atoms with E-state index < -0.39 is 97.5 Å². The Bertz CT molecular complexity index is 2080. The van der Waals surface area contributed by atoms with Gasteiger partial charge in [0.15, 0.2) is 12.2 Å². The van der Waals surface area contributed by atoms with Crippen LogP contribution in [0, 0.1) is 11.8 Å². The van der Waals surface area contributed by atoms with E-state index in [0.29, 0.717) is 31.6 Å². The average molecular weight is 1590 g/mol. The van der Waals surface area contributed by atoms with Crippen molar-refractivity contribution in [3.63, 3.8) is 0 Å². The van der Waals surface area contributed by atoms with Crippen LogP contribution in [0.25, 0.3) is 0 Å². The highest BCUT2D eigenvalue weighted by Gasteiger charge is 2.31. The van der Waals surface area contributed by atoms with Crippen molar-refractivity contribution < 1.29 is 80.2 Å². The number of ether oxygens (including phenoxy) is 4. The van der Waals surface area contributed by atoms with Gasteiger partial charge in [0.2, 0.25) is 0 Å². The zero-order chi connectivity index (χ0) is 79.9. The summed E-state index contributed by atoms with van der Waals surface area (Å²) in [6, 6.07) is 0. The summed E-state index contributed by atoms with van der Waals surface area (Å²) in [5.41, 5.74) is 0. The summed E-state index contributed by atoms with van der Waals surface area (Å²) in [6.07, 6.45) is 75.4. The monoisotopic (exact) mass is 1590 g/mol. The molecule has 0 aliphatic rings. The van der Waals surface area contributed by atoms with Crippen LogP contribution >= 0.6 is 15.6 Å². The van der Waals surface area contributed by atoms with Crippen molar-refractivity contribution in [1.29, 1.82) is 0 Å². The van der Waals surface area contributed by atoms with E-state index in [1.807, 2.05) is 0 Å².